The van der Waals surface area contributed by atoms with Crippen LogP contribution in [0.15, 0.2) is 60.4 Å². The fraction of sp³-hybridized carbons (Fsp3) is 0.154. The van der Waals surface area contributed by atoms with E-state index in [0.29, 0.717) is 22.4 Å². The molecule has 0 amide bonds. The minimum Gasteiger partial charge on any atom is -0.402 e. The molecule has 0 aliphatic heterocycles. The summed E-state index contributed by atoms with van der Waals surface area (Å²) < 4.78 is 0. The summed E-state index contributed by atoms with van der Waals surface area (Å²) in [5.74, 6) is -0.212. The smallest absolute Gasteiger partial charge is 0.192 e. The van der Waals surface area contributed by atoms with E-state index in [2.05, 4.69) is 19.7 Å². The van der Waals surface area contributed by atoms with Crippen LogP contribution < -0.4 is 5.73 Å². The third kappa shape index (κ3) is 4.27. The van der Waals surface area contributed by atoms with E-state index in [0.717, 1.165) is 0 Å². The van der Waals surface area contributed by atoms with Gasteiger partial charge >= 0.3 is 0 Å². The summed E-state index contributed by atoms with van der Waals surface area (Å²) in [6, 6.07) is 0. The SMILES string of the molecule is C=C(/C=C\C)C(=O)C(=C)C(=C)/C=C(\C)N. The van der Waals surface area contributed by atoms with E-state index in [1.807, 2.05) is 6.92 Å². The van der Waals surface area contributed by atoms with Crippen LogP contribution in [-0.2, 0) is 4.79 Å². The van der Waals surface area contributed by atoms with Crippen LogP contribution in [0, 0.1) is 0 Å². The average Bonchev–Trinajstić information content (AvgIpc) is 2.14. The van der Waals surface area contributed by atoms with Crippen molar-refractivity contribution in [2.24, 2.45) is 5.73 Å². The van der Waals surface area contributed by atoms with Crippen molar-refractivity contribution in [3.05, 3.63) is 60.4 Å². The zero-order valence-electron chi connectivity index (χ0n) is 9.34. The molecule has 2 nitrogen and oxygen atoms in total. The molecule has 0 saturated carbocycles. The molecular weight excluding hydrogens is 186 g/mol. The van der Waals surface area contributed by atoms with Gasteiger partial charge < -0.3 is 5.73 Å². The zero-order chi connectivity index (χ0) is 12.0. The predicted octanol–water partition coefficient (Wildman–Crippen LogP) is 2.66. The lowest BCUT2D eigenvalue weighted by atomic mass is 9.99. The van der Waals surface area contributed by atoms with Crippen molar-refractivity contribution in [3.8, 4) is 0 Å². The second-order valence-electron chi connectivity index (χ2n) is 3.25. The Morgan fingerprint density at radius 3 is 2.13 bits per heavy atom. The van der Waals surface area contributed by atoms with Gasteiger partial charge in [-0.05, 0) is 25.5 Å². The van der Waals surface area contributed by atoms with Crippen molar-refractivity contribution in [1.29, 1.82) is 0 Å². The minimum atomic E-state index is -0.212. The largest absolute Gasteiger partial charge is 0.402 e. The number of carbonyl (C=O) groups excluding carboxylic acids is 1. The Hall–Kier alpha value is -1.83. The van der Waals surface area contributed by atoms with Crippen LogP contribution in [0.1, 0.15) is 13.8 Å². The first-order chi connectivity index (χ1) is 6.90. The van der Waals surface area contributed by atoms with E-state index in [4.69, 9.17) is 5.73 Å². The normalized spacial score (nSPS) is 11.5. The molecule has 0 aliphatic rings. The molecule has 0 aliphatic carbocycles. The van der Waals surface area contributed by atoms with E-state index in [1.54, 1.807) is 25.2 Å². The van der Waals surface area contributed by atoms with E-state index < -0.39 is 0 Å². The van der Waals surface area contributed by atoms with Gasteiger partial charge in [0.05, 0.1) is 0 Å². The van der Waals surface area contributed by atoms with Crippen molar-refractivity contribution >= 4 is 5.78 Å². The monoisotopic (exact) mass is 203 g/mol. The van der Waals surface area contributed by atoms with Gasteiger partial charge in [-0.3, -0.25) is 4.79 Å². The number of nitrogens with two attached hydrogens (primary N) is 1. The van der Waals surface area contributed by atoms with E-state index in [1.165, 1.54) is 0 Å². The van der Waals surface area contributed by atoms with E-state index >= 15 is 0 Å². The summed E-state index contributed by atoms with van der Waals surface area (Å²) in [7, 11) is 0. The van der Waals surface area contributed by atoms with Crippen LogP contribution in [-0.4, -0.2) is 5.78 Å². The summed E-state index contributed by atoms with van der Waals surface area (Å²) >= 11 is 0. The Bertz CT molecular complexity index is 366. The van der Waals surface area contributed by atoms with Gasteiger partial charge in [-0.2, -0.15) is 0 Å². The summed E-state index contributed by atoms with van der Waals surface area (Å²) in [4.78, 5) is 11.7. The number of hydrogen-bond acceptors (Lipinski definition) is 2. The highest BCUT2D eigenvalue weighted by atomic mass is 16.1. The molecule has 2 N–H and O–H groups in total. The molecule has 0 aromatic rings. The quantitative estimate of drug-likeness (QED) is 0.551. The molecule has 0 atom stereocenters. The number of carbonyl (C=O) groups is 1. The maximum Gasteiger partial charge on any atom is 0.192 e. The molecule has 0 aromatic carbocycles. The molecule has 0 unspecified atom stereocenters. The Morgan fingerprint density at radius 2 is 1.73 bits per heavy atom. The second kappa shape index (κ2) is 5.81. The molecule has 2 heteroatoms. The first kappa shape index (κ1) is 13.2. The summed E-state index contributed by atoms with van der Waals surface area (Å²) in [6.07, 6.45) is 5.00. The Kier molecular flexibility index (Phi) is 5.10. The van der Waals surface area contributed by atoms with Gasteiger partial charge in [0, 0.05) is 16.8 Å². The molecule has 15 heavy (non-hydrogen) atoms. The van der Waals surface area contributed by atoms with Gasteiger partial charge in [0.25, 0.3) is 0 Å². The molecule has 80 valence electrons. The molecule has 0 fully saturated rings. The van der Waals surface area contributed by atoms with Gasteiger partial charge in [0.15, 0.2) is 5.78 Å². The molecule has 0 radical (unpaired) electrons. The van der Waals surface area contributed by atoms with Crippen molar-refractivity contribution in [2.75, 3.05) is 0 Å². The lowest BCUT2D eigenvalue weighted by Gasteiger charge is -2.04. The Labute approximate surface area is 91.2 Å². The molecular formula is C13H17NO. The van der Waals surface area contributed by atoms with E-state index in [9.17, 15) is 4.79 Å². The lowest BCUT2D eigenvalue weighted by Crippen LogP contribution is -2.05. The number of allylic oxidation sites excluding steroid dienone is 7. The summed E-state index contributed by atoms with van der Waals surface area (Å²) in [5.41, 5.74) is 7.30. The average molecular weight is 203 g/mol. The highest BCUT2D eigenvalue weighted by molar-refractivity contribution is 6.12. The fourth-order valence-corrected chi connectivity index (χ4v) is 0.978. The highest BCUT2D eigenvalue weighted by Gasteiger charge is 2.10. The first-order valence-electron chi connectivity index (χ1n) is 4.58. The minimum absolute atomic E-state index is 0.212. The van der Waals surface area contributed by atoms with Crippen LogP contribution >= 0.6 is 0 Å². The molecule has 0 heterocycles. The predicted molar refractivity (Wildman–Crippen MR) is 65.2 cm³/mol. The highest BCUT2D eigenvalue weighted by Crippen LogP contribution is 2.13. The van der Waals surface area contributed by atoms with Crippen molar-refractivity contribution in [2.45, 2.75) is 13.8 Å². The number of Topliss-reactive ketones (excluding diaryl/α,β-unsaturated/α-hetero) is 1. The third-order valence-electron chi connectivity index (χ3n) is 1.72. The molecule has 0 rings (SSSR count). The third-order valence-corrected chi connectivity index (χ3v) is 1.72. The molecule has 0 bridgehead atoms. The summed E-state index contributed by atoms with van der Waals surface area (Å²) in [5, 5.41) is 0. The number of hydrogen-bond donors (Lipinski definition) is 1. The van der Waals surface area contributed by atoms with Gasteiger partial charge in [-0.25, -0.2) is 0 Å². The zero-order valence-corrected chi connectivity index (χ0v) is 9.34. The maximum absolute atomic E-state index is 11.7. The van der Waals surface area contributed by atoms with Crippen LogP contribution in [0.25, 0.3) is 0 Å². The van der Waals surface area contributed by atoms with E-state index in [-0.39, 0.29) is 5.78 Å². The standard InChI is InChI=1S/C13H17NO/c1-6-7-9(2)13(15)12(5)10(3)8-11(4)14/h6-8H,2-3,5,14H2,1,4H3/b7-6-,11-8+. The van der Waals surface area contributed by atoms with Crippen LogP contribution in [0.3, 0.4) is 0 Å². The van der Waals surface area contributed by atoms with Gasteiger partial charge in [0.1, 0.15) is 0 Å². The van der Waals surface area contributed by atoms with Gasteiger partial charge in [-0.1, -0.05) is 31.9 Å². The summed E-state index contributed by atoms with van der Waals surface area (Å²) in [6.45, 7) is 14.6. The lowest BCUT2D eigenvalue weighted by molar-refractivity contribution is -0.111. The van der Waals surface area contributed by atoms with Crippen LogP contribution in [0.2, 0.25) is 0 Å². The van der Waals surface area contributed by atoms with Crippen molar-refractivity contribution < 1.29 is 4.79 Å². The number of ketones is 1. The Balaban J connectivity index is 4.74. The number of rotatable bonds is 5. The molecule has 0 spiro atoms. The van der Waals surface area contributed by atoms with Crippen LogP contribution in [0.4, 0.5) is 0 Å². The molecule has 0 saturated heterocycles. The second-order valence-corrected chi connectivity index (χ2v) is 3.25. The topological polar surface area (TPSA) is 43.1 Å². The fourth-order valence-electron chi connectivity index (χ4n) is 0.978. The van der Waals surface area contributed by atoms with Gasteiger partial charge in [-0.15, -0.1) is 0 Å². The van der Waals surface area contributed by atoms with Crippen molar-refractivity contribution in [1.82, 2.24) is 0 Å². The van der Waals surface area contributed by atoms with Gasteiger partial charge in [0.2, 0.25) is 0 Å². The molecule has 0 aromatic heterocycles. The maximum atomic E-state index is 11.7. The Morgan fingerprint density at radius 1 is 1.20 bits per heavy atom. The van der Waals surface area contributed by atoms with Crippen molar-refractivity contribution in [3.63, 3.8) is 0 Å². The van der Waals surface area contributed by atoms with Crippen LogP contribution in [0.5, 0.6) is 0 Å². The first-order valence-corrected chi connectivity index (χ1v) is 4.58.